The van der Waals surface area contributed by atoms with Gasteiger partial charge >= 0.3 is 0 Å². The highest BCUT2D eigenvalue weighted by Gasteiger charge is 2.19. The number of benzene rings is 1. The topological polar surface area (TPSA) is 78.1 Å². The molecule has 0 radical (unpaired) electrons. The summed E-state index contributed by atoms with van der Waals surface area (Å²) in [5, 5.41) is 0.465. The monoisotopic (exact) mass is 300 g/mol. The fourth-order valence-corrected chi connectivity index (χ4v) is 2.96. The van der Waals surface area contributed by atoms with Crippen LogP contribution in [-0.4, -0.2) is 32.5 Å². The lowest BCUT2D eigenvalue weighted by atomic mass is 10.2. The molecule has 0 spiro atoms. The van der Waals surface area contributed by atoms with Crippen molar-refractivity contribution in [1.29, 1.82) is 0 Å². The zero-order valence-corrected chi connectivity index (χ0v) is 12.0. The molecule has 1 aromatic carbocycles. The Balaban J connectivity index is 2.43. The molecule has 2 aromatic rings. The molecule has 0 aliphatic carbocycles. The summed E-state index contributed by atoms with van der Waals surface area (Å²) < 4.78 is 26.7. The van der Waals surface area contributed by atoms with E-state index in [-0.39, 0.29) is 5.03 Å². The molecule has 0 aliphatic rings. The van der Waals surface area contributed by atoms with Crippen LogP contribution in [0.25, 0.3) is 0 Å². The zero-order chi connectivity index (χ0) is 14.0. The lowest BCUT2D eigenvalue weighted by molar-refractivity contribution is 0.598. The van der Waals surface area contributed by atoms with Crippen LogP contribution in [0.3, 0.4) is 0 Å². The second-order valence-corrected chi connectivity index (χ2v) is 6.11. The summed E-state index contributed by atoms with van der Waals surface area (Å²) in [5.41, 5.74) is 1.01. The lowest BCUT2D eigenvalue weighted by Crippen LogP contribution is -2.17. The molecule has 6 nitrogen and oxygen atoms in total. The summed E-state index contributed by atoms with van der Waals surface area (Å²) in [6, 6.07) is 5.03. The van der Waals surface area contributed by atoms with Crippen molar-refractivity contribution in [3.05, 3.63) is 35.7 Å². The van der Waals surface area contributed by atoms with E-state index in [2.05, 4.69) is 14.7 Å². The number of sulfonamides is 1. The summed E-state index contributed by atoms with van der Waals surface area (Å²) in [6.45, 7) is 0. The van der Waals surface area contributed by atoms with Gasteiger partial charge in [0.15, 0.2) is 5.03 Å². The Bertz CT molecular complexity index is 668. The first-order valence-corrected chi connectivity index (χ1v) is 7.25. The average molecular weight is 301 g/mol. The van der Waals surface area contributed by atoms with Crippen molar-refractivity contribution in [3.8, 4) is 0 Å². The molecule has 0 saturated carbocycles. The third-order valence-electron chi connectivity index (χ3n) is 2.44. The summed E-state index contributed by atoms with van der Waals surface area (Å²) in [6.07, 6.45) is 2.54. The Morgan fingerprint density at radius 3 is 2.68 bits per heavy atom. The highest BCUT2D eigenvalue weighted by Crippen LogP contribution is 2.33. The molecular formula is C11H13ClN4O2S. The number of nitrogens with zero attached hydrogens (tertiary/aromatic N) is 2. The maximum Gasteiger partial charge on any atom is 0.279 e. The summed E-state index contributed by atoms with van der Waals surface area (Å²) in [7, 11) is -0.122. The van der Waals surface area contributed by atoms with Gasteiger partial charge in [-0.05, 0) is 12.1 Å². The quantitative estimate of drug-likeness (QED) is 0.904. The molecule has 0 saturated heterocycles. The number of hydrogen-bond acceptors (Lipinski definition) is 4. The third kappa shape index (κ3) is 2.82. The van der Waals surface area contributed by atoms with Crippen LogP contribution in [0.15, 0.2) is 35.7 Å². The maximum absolute atomic E-state index is 12.1. The van der Waals surface area contributed by atoms with Crippen LogP contribution in [0, 0.1) is 0 Å². The largest absolute Gasteiger partial charge is 0.375 e. The van der Waals surface area contributed by atoms with Gasteiger partial charge in [0, 0.05) is 14.1 Å². The Morgan fingerprint density at radius 1 is 1.37 bits per heavy atom. The fraction of sp³-hybridized carbons (Fsp3) is 0.182. The number of imidazole rings is 1. The van der Waals surface area contributed by atoms with Crippen molar-refractivity contribution in [3.63, 3.8) is 0 Å². The number of hydrogen-bond donors (Lipinski definition) is 2. The molecule has 8 heteroatoms. The molecule has 0 amide bonds. The Labute approximate surface area is 116 Å². The Kier molecular flexibility index (Phi) is 3.68. The van der Waals surface area contributed by atoms with Crippen molar-refractivity contribution in [2.24, 2.45) is 0 Å². The van der Waals surface area contributed by atoms with E-state index in [9.17, 15) is 8.42 Å². The normalized spacial score (nSPS) is 11.3. The number of rotatable bonds is 4. The highest BCUT2D eigenvalue weighted by molar-refractivity contribution is 7.92. The minimum atomic E-state index is -3.70. The van der Waals surface area contributed by atoms with Gasteiger partial charge in [0.25, 0.3) is 10.0 Å². The van der Waals surface area contributed by atoms with Gasteiger partial charge in [-0.3, -0.25) is 4.72 Å². The van der Waals surface area contributed by atoms with E-state index in [0.717, 1.165) is 0 Å². The van der Waals surface area contributed by atoms with Crippen molar-refractivity contribution >= 4 is 33.0 Å². The molecule has 1 heterocycles. The molecule has 1 aromatic heterocycles. The van der Waals surface area contributed by atoms with Crippen LogP contribution >= 0.6 is 11.6 Å². The number of para-hydroxylation sites is 1. The van der Waals surface area contributed by atoms with Crippen LogP contribution in [0.1, 0.15) is 0 Å². The van der Waals surface area contributed by atoms with Gasteiger partial charge in [-0.1, -0.05) is 17.7 Å². The lowest BCUT2D eigenvalue weighted by Gasteiger charge is -2.19. The third-order valence-corrected chi connectivity index (χ3v) is 4.04. The molecule has 102 valence electrons. The van der Waals surface area contributed by atoms with Crippen LogP contribution in [0.4, 0.5) is 11.4 Å². The van der Waals surface area contributed by atoms with E-state index < -0.39 is 10.0 Å². The van der Waals surface area contributed by atoms with E-state index in [4.69, 9.17) is 11.6 Å². The van der Waals surface area contributed by atoms with Crippen molar-refractivity contribution < 1.29 is 8.42 Å². The second-order valence-electron chi connectivity index (χ2n) is 4.05. The molecule has 0 fully saturated rings. The molecule has 0 atom stereocenters. The van der Waals surface area contributed by atoms with Gasteiger partial charge in [0.05, 0.1) is 28.9 Å². The number of anilines is 2. The minimum Gasteiger partial charge on any atom is -0.375 e. The Morgan fingerprint density at radius 2 is 2.11 bits per heavy atom. The molecule has 0 bridgehead atoms. The summed E-state index contributed by atoms with van der Waals surface area (Å²) in [5.74, 6) is 0. The standard InChI is InChI=1S/C11H13ClN4O2S/c1-16(2)11-8(12)4-3-5-9(11)15-19(17,18)10-6-13-7-14-10/h3-7,15H,1-2H3,(H,13,14). The smallest absolute Gasteiger partial charge is 0.279 e. The van der Waals surface area contributed by atoms with Crippen LogP contribution in [0.2, 0.25) is 5.02 Å². The van der Waals surface area contributed by atoms with E-state index in [1.807, 2.05) is 0 Å². The first kappa shape index (κ1) is 13.7. The van der Waals surface area contributed by atoms with Gasteiger partial charge in [-0.15, -0.1) is 0 Å². The number of aromatic nitrogens is 2. The van der Waals surface area contributed by atoms with Crippen LogP contribution in [-0.2, 0) is 10.0 Å². The molecule has 2 N–H and O–H groups in total. The first-order valence-electron chi connectivity index (χ1n) is 5.39. The Hall–Kier alpha value is -1.73. The van der Waals surface area contributed by atoms with Crippen LogP contribution < -0.4 is 9.62 Å². The fourth-order valence-electron chi connectivity index (χ4n) is 1.64. The van der Waals surface area contributed by atoms with Crippen molar-refractivity contribution in [2.75, 3.05) is 23.7 Å². The van der Waals surface area contributed by atoms with E-state index in [0.29, 0.717) is 16.4 Å². The zero-order valence-electron chi connectivity index (χ0n) is 10.4. The number of nitrogens with one attached hydrogen (secondary N) is 2. The molecule has 0 aliphatic heterocycles. The average Bonchev–Trinajstić information content (AvgIpc) is 2.81. The second kappa shape index (κ2) is 5.10. The van der Waals surface area contributed by atoms with E-state index in [1.165, 1.54) is 12.5 Å². The molecule has 2 rings (SSSR count). The summed E-state index contributed by atoms with van der Waals surface area (Å²) in [4.78, 5) is 7.99. The van der Waals surface area contributed by atoms with Gasteiger partial charge < -0.3 is 9.88 Å². The van der Waals surface area contributed by atoms with Crippen LogP contribution in [0.5, 0.6) is 0 Å². The maximum atomic E-state index is 12.1. The highest BCUT2D eigenvalue weighted by atomic mass is 35.5. The van der Waals surface area contributed by atoms with Crippen molar-refractivity contribution in [1.82, 2.24) is 9.97 Å². The molecule has 0 unspecified atom stereocenters. The van der Waals surface area contributed by atoms with Gasteiger partial charge in [0.1, 0.15) is 0 Å². The molecule has 19 heavy (non-hydrogen) atoms. The molecular weight excluding hydrogens is 288 g/mol. The predicted molar refractivity (Wildman–Crippen MR) is 75.2 cm³/mol. The van der Waals surface area contributed by atoms with Gasteiger partial charge in [0.2, 0.25) is 0 Å². The number of H-pyrrole nitrogens is 1. The first-order chi connectivity index (χ1) is 8.92. The predicted octanol–water partition coefficient (Wildman–Crippen LogP) is 1.93. The SMILES string of the molecule is CN(C)c1c(Cl)cccc1NS(=O)(=O)c1cnc[nH]1. The van der Waals surface area contributed by atoms with Crippen molar-refractivity contribution in [2.45, 2.75) is 5.03 Å². The van der Waals surface area contributed by atoms with Gasteiger partial charge in [-0.25, -0.2) is 4.98 Å². The van der Waals surface area contributed by atoms with Gasteiger partial charge in [-0.2, -0.15) is 8.42 Å². The summed E-state index contributed by atoms with van der Waals surface area (Å²) >= 11 is 6.08. The number of halogens is 1. The number of aromatic amines is 1. The van der Waals surface area contributed by atoms with E-state index >= 15 is 0 Å². The minimum absolute atomic E-state index is 0.00261. The van der Waals surface area contributed by atoms with E-state index in [1.54, 1.807) is 37.2 Å².